The third kappa shape index (κ3) is 4.44. The predicted octanol–water partition coefficient (Wildman–Crippen LogP) is 0.927. The van der Waals surface area contributed by atoms with Gasteiger partial charge in [-0.3, -0.25) is 0 Å². The van der Waals surface area contributed by atoms with E-state index in [0.29, 0.717) is 32.6 Å². The van der Waals surface area contributed by atoms with Crippen LogP contribution in [0.15, 0.2) is 6.07 Å². The molecule has 2 amide bonds. The van der Waals surface area contributed by atoms with E-state index >= 15 is 0 Å². The van der Waals surface area contributed by atoms with Crippen LogP contribution in [-0.4, -0.2) is 73.0 Å². The van der Waals surface area contributed by atoms with Crippen LogP contribution < -0.4 is 10.2 Å². The van der Waals surface area contributed by atoms with Gasteiger partial charge in [-0.2, -0.15) is 0 Å². The maximum Gasteiger partial charge on any atom is 0.317 e. The minimum Gasteiger partial charge on any atom is -0.353 e. The summed E-state index contributed by atoms with van der Waals surface area (Å²) in [5.74, 6) is 2.22. The van der Waals surface area contributed by atoms with Gasteiger partial charge in [0.2, 0.25) is 0 Å². The number of sulfone groups is 1. The summed E-state index contributed by atoms with van der Waals surface area (Å²) in [5, 5.41) is 2.86. The Balaban J connectivity index is 1.57. The van der Waals surface area contributed by atoms with E-state index in [4.69, 9.17) is 0 Å². The highest BCUT2D eigenvalue weighted by molar-refractivity contribution is 7.91. The molecule has 0 radical (unpaired) electrons. The summed E-state index contributed by atoms with van der Waals surface area (Å²) in [6.45, 7) is 8.69. The normalized spacial score (nSPS) is 22.7. The number of aromatic nitrogens is 2. The number of carbonyl (C=O) groups excluding carboxylic acids is 1. The SMILES string of the molecule is Cc1cc(N2CCN(C(=O)NC3CCS(=O)(=O)C3)CC2)nc(C(C)C)n1. The molecule has 8 nitrogen and oxygen atoms in total. The lowest BCUT2D eigenvalue weighted by Crippen LogP contribution is -2.53. The van der Waals surface area contributed by atoms with Gasteiger partial charge in [0.25, 0.3) is 0 Å². The van der Waals surface area contributed by atoms with E-state index in [1.165, 1.54) is 0 Å². The van der Waals surface area contributed by atoms with E-state index in [0.717, 1.165) is 17.3 Å². The highest BCUT2D eigenvalue weighted by Crippen LogP contribution is 2.19. The van der Waals surface area contributed by atoms with Gasteiger partial charge in [-0.25, -0.2) is 23.2 Å². The molecule has 2 aliphatic rings. The fraction of sp³-hybridized carbons (Fsp3) is 0.706. The minimum atomic E-state index is -2.99. The maximum atomic E-state index is 12.4. The van der Waals surface area contributed by atoms with E-state index in [9.17, 15) is 13.2 Å². The Morgan fingerprint density at radius 1 is 1.23 bits per heavy atom. The van der Waals surface area contributed by atoms with Crippen molar-refractivity contribution in [1.82, 2.24) is 20.2 Å². The van der Waals surface area contributed by atoms with Gasteiger partial charge >= 0.3 is 6.03 Å². The van der Waals surface area contributed by atoms with Crippen LogP contribution >= 0.6 is 0 Å². The van der Waals surface area contributed by atoms with Crippen molar-refractivity contribution in [2.45, 2.75) is 39.2 Å². The molecule has 1 aromatic rings. The quantitative estimate of drug-likeness (QED) is 0.837. The highest BCUT2D eigenvalue weighted by atomic mass is 32.2. The third-order valence-corrected chi connectivity index (χ3v) is 6.59. The third-order valence-electron chi connectivity index (χ3n) is 4.83. The second-order valence-electron chi connectivity index (χ2n) is 7.40. The number of urea groups is 1. The van der Waals surface area contributed by atoms with E-state index in [-0.39, 0.29) is 29.5 Å². The van der Waals surface area contributed by atoms with Gasteiger partial charge < -0.3 is 15.1 Å². The van der Waals surface area contributed by atoms with Crippen molar-refractivity contribution in [3.63, 3.8) is 0 Å². The van der Waals surface area contributed by atoms with Crippen LogP contribution in [0, 0.1) is 6.92 Å². The van der Waals surface area contributed by atoms with Crippen LogP contribution in [0.2, 0.25) is 0 Å². The zero-order valence-corrected chi connectivity index (χ0v) is 16.4. The lowest BCUT2D eigenvalue weighted by Gasteiger charge is -2.36. The molecule has 1 N–H and O–H groups in total. The number of carbonyl (C=O) groups is 1. The second kappa shape index (κ2) is 7.38. The Kier molecular flexibility index (Phi) is 5.36. The monoisotopic (exact) mass is 381 g/mol. The number of hydrogen-bond acceptors (Lipinski definition) is 6. The van der Waals surface area contributed by atoms with Gasteiger partial charge in [0.15, 0.2) is 9.84 Å². The molecule has 0 saturated carbocycles. The zero-order valence-electron chi connectivity index (χ0n) is 15.6. The highest BCUT2D eigenvalue weighted by Gasteiger charge is 2.31. The first kappa shape index (κ1) is 18.9. The van der Waals surface area contributed by atoms with Gasteiger partial charge in [-0.05, 0) is 13.3 Å². The first-order valence-corrected chi connectivity index (χ1v) is 10.9. The van der Waals surface area contributed by atoms with Crippen molar-refractivity contribution in [2.75, 3.05) is 42.6 Å². The summed E-state index contributed by atoms with van der Waals surface area (Å²) < 4.78 is 23.0. The smallest absolute Gasteiger partial charge is 0.317 e. The molecule has 3 heterocycles. The summed E-state index contributed by atoms with van der Waals surface area (Å²) in [5.41, 5.74) is 0.946. The maximum absolute atomic E-state index is 12.4. The molecule has 3 rings (SSSR count). The molecular weight excluding hydrogens is 354 g/mol. The van der Waals surface area contributed by atoms with Gasteiger partial charge in [-0.1, -0.05) is 13.8 Å². The van der Waals surface area contributed by atoms with Crippen molar-refractivity contribution in [1.29, 1.82) is 0 Å². The number of nitrogens with one attached hydrogen (secondary N) is 1. The average Bonchev–Trinajstić information content (AvgIpc) is 2.93. The number of anilines is 1. The zero-order chi connectivity index (χ0) is 18.9. The van der Waals surface area contributed by atoms with Gasteiger partial charge in [0.05, 0.1) is 11.5 Å². The predicted molar refractivity (Wildman–Crippen MR) is 100 cm³/mol. The van der Waals surface area contributed by atoms with Crippen molar-refractivity contribution in [3.05, 3.63) is 17.6 Å². The van der Waals surface area contributed by atoms with Crippen molar-refractivity contribution in [3.8, 4) is 0 Å². The van der Waals surface area contributed by atoms with Crippen LogP contribution in [0.5, 0.6) is 0 Å². The van der Waals surface area contributed by atoms with Crippen molar-refractivity contribution < 1.29 is 13.2 Å². The summed E-state index contributed by atoms with van der Waals surface area (Å²) in [6, 6.07) is 1.54. The van der Waals surface area contributed by atoms with E-state index in [1.807, 2.05) is 13.0 Å². The molecule has 1 aromatic heterocycles. The molecule has 0 spiro atoms. The first-order chi connectivity index (χ1) is 12.2. The number of rotatable bonds is 3. The number of aryl methyl sites for hydroxylation is 1. The molecule has 9 heteroatoms. The number of hydrogen-bond donors (Lipinski definition) is 1. The van der Waals surface area contributed by atoms with E-state index < -0.39 is 9.84 Å². The largest absolute Gasteiger partial charge is 0.353 e. The number of piperazine rings is 1. The molecule has 144 valence electrons. The standard InChI is InChI=1S/C17H27N5O3S/c1-12(2)16-18-13(3)10-15(20-16)21-5-7-22(8-6-21)17(23)19-14-4-9-26(24,25)11-14/h10,12,14H,4-9,11H2,1-3H3,(H,19,23). The molecule has 0 aliphatic carbocycles. The topological polar surface area (TPSA) is 95.5 Å². The average molecular weight is 382 g/mol. The van der Waals surface area contributed by atoms with Crippen molar-refractivity contribution in [2.24, 2.45) is 0 Å². The van der Waals surface area contributed by atoms with Crippen LogP contribution in [0.4, 0.5) is 10.6 Å². The Bertz CT molecular complexity index is 773. The Hall–Kier alpha value is -1.90. The van der Waals surface area contributed by atoms with E-state index in [1.54, 1.807) is 4.90 Å². The molecule has 1 unspecified atom stereocenters. The van der Waals surface area contributed by atoms with Crippen LogP contribution in [0.25, 0.3) is 0 Å². The summed E-state index contributed by atoms with van der Waals surface area (Å²) in [7, 11) is -2.99. The second-order valence-corrected chi connectivity index (χ2v) is 9.63. The molecule has 0 aromatic carbocycles. The summed E-state index contributed by atoms with van der Waals surface area (Å²) >= 11 is 0. The summed E-state index contributed by atoms with van der Waals surface area (Å²) in [4.78, 5) is 25.4. The number of nitrogens with zero attached hydrogens (tertiary/aromatic N) is 4. The van der Waals surface area contributed by atoms with Crippen LogP contribution in [0.1, 0.15) is 37.7 Å². The Morgan fingerprint density at radius 2 is 1.92 bits per heavy atom. The van der Waals surface area contributed by atoms with Crippen molar-refractivity contribution >= 4 is 21.7 Å². The Labute approximate surface area is 154 Å². The van der Waals surface area contributed by atoms with Crippen LogP contribution in [-0.2, 0) is 9.84 Å². The fourth-order valence-corrected chi connectivity index (χ4v) is 4.98. The van der Waals surface area contributed by atoms with Gasteiger partial charge in [0.1, 0.15) is 11.6 Å². The number of amides is 2. The molecule has 1 atom stereocenters. The fourth-order valence-electron chi connectivity index (χ4n) is 3.31. The lowest BCUT2D eigenvalue weighted by atomic mass is 10.2. The van der Waals surface area contributed by atoms with Gasteiger partial charge in [0, 0.05) is 49.9 Å². The first-order valence-electron chi connectivity index (χ1n) is 9.10. The molecule has 2 saturated heterocycles. The molecular formula is C17H27N5O3S. The molecule has 26 heavy (non-hydrogen) atoms. The lowest BCUT2D eigenvalue weighted by molar-refractivity contribution is 0.191. The molecule has 0 bridgehead atoms. The molecule has 2 fully saturated rings. The molecule has 2 aliphatic heterocycles. The van der Waals surface area contributed by atoms with Crippen LogP contribution in [0.3, 0.4) is 0 Å². The Morgan fingerprint density at radius 3 is 2.50 bits per heavy atom. The van der Waals surface area contributed by atoms with E-state index in [2.05, 4.69) is 34.0 Å². The minimum absolute atomic E-state index is 0.0525. The van der Waals surface area contributed by atoms with Gasteiger partial charge in [-0.15, -0.1) is 0 Å². The summed E-state index contributed by atoms with van der Waals surface area (Å²) in [6.07, 6.45) is 0.506.